The molecule has 1 aliphatic carbocycles. The number of rotatable bonds is 0. The first-order chi connectivity index (χ1) is 5.27. The van der Waals surface area contributed by atoms with Gasteiger partial charge >= 0.3 is 0 Å². The minimum atomic E-state index is 0.413. The van der Waals surface area contributed by atoms with Crippen LogP contribution in [-0.4, -0.2) is 6.04 Å². The molecule has 1 aromatic rings. The van der Waals surface area contributed by atoms with Crippen LogP contribution in [0.1, 0.15) is 22.4 Å². The smallest absolute Gasteiger partial charge is 0.00832 e. The van der Waals surface area contributed by atoms with Gasteiger partial charge in [0, 0.05) is 10.9 Å². The van der Waals surface area contributed by atoms with Crippen LogP contribution in [0.3, 0.4) is 0 Å². The third kappa shape index (κ3) is 1.21. The van der Waals surface area contributed by atoms with Crippen molar-refractivity contribution in [2.24, 2.45) is 5.73 Å². The highest BCUT2D eigenvalue weighted by Gasteiger charge is 2.17. The topological polar surface area (TPSA) is 26.0 Å². The first-order valence-electron chi connectivity index (χ1n) is 4.09. The van der Waals surface area contributed by atoms with E-state index in [1.807, 2.05) is 11.3 Å². The van der Waals surface area contributed by atoms with E-state index in [9.17, 15) is 0 Å². The lowest BCUT2D eigenvalue weighted by Crippen LogP contribution is -2.27. The van der Waals surface area contributed by atoms with E-state index < -0.39 is 0 Å². The van der Waals surface area contributed by atoms with Gasteiger partial charge in [-0.15, -0.1) is 11.3 Å². The Hall–Kier alpha value is -0.340. The first-order valence-corrected chi connectivity index (χ1v) is 4.97. The molecular weight excluding hydrogens is 154 g/mol. The van der Waals surface area contributed by atoms with Crippen molar-refractivity contribution >= 4 is 11.3 Å². The SMILES string of the molecule is Cc1csc2c1CC(N)CC2. The second kappa shape index (κ2) is 2.61. The number of aryl methyl sites for hydroxylation is 2. The van der Waals surface area contributed by atoms with Crippen molar-refractivity contribution in [3.63, 3.8) is 0 Å². The minimum Gasteiger partial charge on any atom is -0.327 e. The Bertz CT molecular complexity index is 265. The van der Waals surface area contributed by atoms with E-state index in [1.165, 1.54) is 24.0 Å². The van der Waals surface area contributed by atoms with E-state index in [0.29, 0.717) is 6.04 Å². The molecule has 2 N–H and O–H groups in total. The van der Waals surface area contributed by atoms with Gasteiger partial charge in [-0.3, -0.25) is 0 Å². The van der Waals surface area contributed by atoms with Crippen LogP contribution >= 0.6 is 11.3 Å². The van der Waals surface area contributed by atoms with Crippen molar-refractivity contribution < 1.29 is 0 Å². The van der Waals surface area contributed by atoms with Crippen molar-refractivity contribution in [3.05, 3.63) is 21.4 Å². The second-order valence-electron chi connectivity index (χ2n) is 3.32. The van der Waals surface area contributed by atoms with Crippen LogP contribution in [0.25, 0.3) is 0 Å². The maximum Gasteiger partial charge on any atom is 0.00832 e. The van der Waals surface area contributed by atoms with Crippen LogP contribution < -0.4 is 5.73 Å². The van der Waals surface area contributed by atoms with E-state index in [0.717, 1.165) is 6.42 Å². The molecule has 1 nitrogen and oxygen atoms in total. The van der Waals surface area contributed by atoms with Crippen molar-refractivity contribution in [3.8, 4) is 0 Å². The molecule has 0 bridgehead atoms. The maximum absolute atomic E-state index is 5.88. The van der Waals surface area contributed by atoms with Gasteiger partial charge in [-0.05, 0) is 42.7 Å². The molecule has 2 rings (SSSR count). The molecule has 11 heavy (non-hydrogen) atoms. The van der Waals surface area contributed by atoms with E-state index in [1.54, 1.807) is 4.88 Å². The number of hydrogen-bond acceptors (Lipinski definition) is 2. The maximum atomic E-state index is 5.88. The standard InChI is InChI=1S/C9H13NS/c1-6-5-11-9-3-2-7(10)4-8(6)9/h5,7H,2-4,10H2,1H3. The average molecular weight is 167 g/mol. The molecule has 1 heterocycles. The van der Waals surface area contributed by atoms with E-state index in [-0.39, 0.29) is 0 Å². The number of nitrogens with two attached hydrogens (primary N) is 1. The normalized spacial score (nSPS) is 23.3. The van der Waals surface area contributed by atoms with Gasteiger partial charge < -0.3 is 5.73 Å². The quantitative estimate of drug-likeness (QED) is 0.627. The summed E-state index contributed by atoms with van der Waals surface area (Å²) in [6.45, 7) is 2.19. The number of fused-ring (bicyclic) bond motifs is 1. The summed E-state index contributed by atoms with van der Waals surface area (Å²) < 4.78 is 0. The van der Waals surface area contributed by atoms with Crippen LogP contribution in [0.5, 0.6) is 0 Å². The molecule has 0 aliphatic heterocycles. The fourth-order valence-electron chi connectivity index (χ4n) is 1.69. The monoisotopic (exact) mass is 167 g/mol. The summed E-state index contributed by atoms with van der Waals surface area (Å²) >= 11 is 1.90. The largest absolute Gasteiger partial charge is 0.327 e. The van der Waals surface area contributed by atoms with Gasteiger partial charge in [0.05, 0.1) is 0 Å². The summed E-state index contributed by atoms with van der Waals surface area (Å²) in [5.74, 6) is 0. The molecule has 60 valence electrons. The molecule has 2 heteroatoms. The molecule has 1 aromatic heterocycles. The Morgan fingerprint density at radius 3 is 3.27 bits per heavy atom. The third-order valence-electron chi connectivity index (χ3n) is 2.40. The Balaban J connectivity index is 2.37. The van der Waals surface area contributed by atoms with Crippen LogP contribution in [-0.2, 0) is 12.8 Å². The van der Waals surface area contributed by atoms with Gasteiger partial charge in [-0.1, -0.05) is 0 Å². The first kappa shape index (κ1) is 7.32. The molecule has 0 spiro atoms. The molecule has 1 aliphatic rings. The summed E-state index contributed by atoms with van der Waals surface area (Å²) in [6, 6.07) is 0.413. The molecule has 0 amide bonds. The fourth-order valence-corrected chi connectivity index (χ4v) is 2.77. The van der Waals surface area contributed by atoms with E-state index in [2.05, 4.69) is 12.3 Å². The van der Waals surface area contributed by atoms with Crippen LogP contribution in [0, 0.1) is 6.92 Å². The van der Waals surface area contributed by atoms with Crippen LogP contribution in [0.4, 0.5) is 0 Å². The van der Waals surface area contributed by atoms with Gasteiger partial charge in [-0.25, -0.2) is 0 Å². The minimum absolute atomic E-state index is 0.413. The number of hydrogen-bond donors (Lipinski definition) is 1. The average Bonchev–Trinajstić information content (AvgIpc) is 2.33. The van der Waals surface area contributed by atoms with E-state index >= 15 is 0 Å². The summed E-state index contributed by atoms with van der Waals surface area (Å²) in [6.07, 6.45) is 3.48. The Morgan fingerprint density at radius 2 is 2.45 bits per heavy atom. The van der Waals surface area contributed by atoms with Gasteiger partial charge in [0.2, 0.25) is 0 Å². The molecule has 0 radical (unpaired) electrons. The molecular formula is C9H13NS. The summed E-state index contributed by atoms with van der Waals surface area (Å²) in [7, 11) is 0. The summed E-state index contributed by atoms with van der Waals surface area (Å²) in [4.78, 5) is 1.57. The molecule has 1 unspecified atom stereocenters. The Morgan fingerprint density at radius 1 is 1.64 bits per heavy atom. The lowest BCUT2D eigenvalue weighted by Gasteiger charge is -2.18. The van der Waals surface area contributed by atoms with Crippen molar-refractivity contribution in [1.29, 1.82) is 0 Å². The molecule has 0 saturated carbocycles. The number of thiophene rings is 1. The zero-order valence-corrected chi connectivity index (χ0v) is 7.58. The van der Waals surface area contributed by atoms with Gasteiger partial charge in [0.1, 0.15) is 0 Å². The van der Waals surface area contributed by atoms with E-state index in [4.69, 9.17) is 5.73 Å². The Labute approximate surface area is 71.2 Å². The van der Waals surface area contributed by atoms with Crippen LogP contribution in [0.2, 0.25) is 0 Å². The van der Waals surface area contributed by atoms with Crippen LogP contribution in [0.15, 0.2) is 5.38 Å². The highest BCUT2D eigenvalue weighted by molar-refractivity contribution is 7.10. The molecule has 0 aromatic carbocycles. The van der Waals surface area contributed by atoms with Crippen molar-refractivity contribution in [2.75, 3.05) is 0 Å². The zero-order valence-electron chi connectivity index (χ0n) is 6.76. The third-order valence-corrected chi connectivity index (χ3v) is 3.61. The lowest BCUT2D eigenvalue weighted by atomic mass is 9.93. The highest BCUT2D eigenvalue weighted by Crippen LogP contribution is 2.28. The second-order valence-corrected chi connectivity index (χ2v) is 4.29. The van der Waals surface area contributed by atoms with Crippen molar-refractivity contribution in [2.45, 2.75) is 32.2 Å². The summed E-state index contributed by atoms with van der Waals surface area (Å²) in [5, 5.41) is 2.25. The predicted octanol–water partition coefficient (Wildman–Crippen LogP) is 1.87. The predicted molar refractivity (Wildman–Crippen MR) is 49.1 cm³/mol. The molecule has 0 fully saturated rings. The highest BCUT2D eigenvalue weighted by atomic mass is 32.1. The molecule has 1 atom stereocenters. The zero-order chi connectivity index (χ0) is 7.84. The molecule has 0 saturated heterocycles. The van der Waals surface area contributed by atoms with Crippen molar-refractivity contribution in [1.82, 2.24) is 0 Å². The fraction of sp³-hybridized carbons (Fsp3) is 0.556. The lowest BCUT2D eigenvalue weighted by molar-refractivity contribution is 0.581. The van der Waals surface area contributed by atoms with Gasteiger partial charge in [-0.2, -0.15) is 0 Å². The van der Waals surface area contributed by atoms with Gasteiger partial charge in [0.15, 0.2) is 0 Å². The summed E-state index contributed by atoms with van der Waals surface area (Å²) in [5.41, 5.74) is 8.86. The van der Waals surface area contributed by atoms with Gasteiger partial charge in [0.25, 0.3) is 0 Å². The Kier molecular flexibility index (Phi) is 1.74.